The monoisotopic (exact) mass is 501 g/mol. The van der Waals surface area contributed by atoms with Gasteiger partial charge in [0.15, 0.2) is 5.13 Å². The summed E-state index contributed by atoms with van der Waals surface area (Å²) in [6, 6.07) is 24.6. The van der Waals surface area contributed by atoms with E-state index < -0.39 is 0 Å². The highest BCUT2D eigenvalue weighted by atomic mass is 32.2. The fourth-order valence-corrected chi connectivity index (χ4v) is 4.62. The maximum absolute atomic E-state index is 12.5. The van der Waals surface area contributed by atoms with E-state index in [4.69, 9.17) is 4.74 Å². The van der Waals surface area contributed by atoms with Gasteiger partial charge in [-0.1, -0.05) is 48.5 Å². The summed E-state index contributed by atoms with van der Waals surface area (Å²) in [4.78, 5) is 30.1. The van der Waals surface area contributed by atoms with E-state index in [0.717, 1.165) is 27.5 Å². The lowest BCUT2D eigenvalue weighted by molar-refractivity contribution is -0.114. The van der Waals surface area contributed by atoms with E-state index in [0.29, 0.717) is 10.8 Å². The molecule has 4 aromatic rings. The number of hydrogen-bond acceptors (Lipinski definition) is 6. The number of anilines is 2. The number of benzene rings is 3. The van der Waals surface area contributed by atoms with E-state index in [-0.39, 0.29) is 17.6 Å². The van der Waals surface area contributed by atoms with Gasteiger partial charge in [0.2, 0.25) is 11.8 Å². The van der Waals surface area contributed by atoms with Crippen LogP contribution in [0.4, 0.5) is 10.8 Å². The predicted molar refractivity (Wildman–Crippen MR) is 144 cm³/mol. The van der Waals surface area contributed by atoms with Crippen molar-refractivity contribution in [3.63, 3.8) is 0 Å². The second-order valence-corrected chi connectivity index (χ2v) is 9.27. The van der Waals surface area contributed by atoms with Crippen LogP contribution in [0.2, 0.25) is 0 Å². The Morgan fingerprint density at radius 2 is 1.83 bits per heavy atom. The predicted octanol–water partition coefficient (Wildman–Crippen LogP) is 6.20. The van der Waals surface area contributed by atoms with Crippen molar-refractivity contribution in [2.24, 2.45) is 0 Å². The standard InChI is InChI=1S/C27H23N3O3S2/c1-33-22-11-5-9-20(15-22)24-17-35-27(29-24)30-26(32)18-34-23-12-6-10-21(16-23)28-25(31)14-13-19-7-3-2-4-8-19/h2-17H,18H2,1H3,(H,28,31)(H,29,30,32)/b14-13+. The van der Waals surface area contributed by atoms with E-state index in [9.17, 15) is 9.59 Å². The number of nitrogens with one attached hydrogen (secondary N) is 2. The molecule has 0 aliphatic carbocycles. The Morgan fingerprint density at radius 3 is 2.66 bits per heavy atom. The number of thiazole rings is 1. The molecule has 35 heavy (non-hydrogen) atoms. The summed E-state index contributed by atoms with van der Waals surface area (Å²) in [7, 11) is 1.62. The summed E-state index contributed by atoms with van der Waals surface area (Å²) < 4.78 is 5.26. The summed E-state index contributed by atoms with van der Waals surface area (Å²) in [6.07, 6.45) is 3.26. The maximum Gasteiger partial charge on any atom is 0.248 e. The van der Waals surface area contributed by atoms with Gasteiger partial charge in [0.25, 0.3) is 0 Å². The van der Waals surface area contributed by atoms with E-state index in [1.807, 2.05) is 84.2 Å². The van der Waals surface area contributed by atoms with Crippen LogP contribution in [0, 0.1) is 0 Å². The smallest absolute Gasteiger partial charge is 0.248 e. The molecule has 4 rings (SSSR count). The first-order valence-electron chi connectivity index (χ1n) is 10.8. The molecule has 0 fully saturated rings. The number of carbonyl (C=O) groups is 2. The lowest BCUT2D eigenvalue weighted by Crippen LogP contribution is -2.13. The summed E-state index contributed by atoms with van der Waals surface area (Å²) in [5.74, 6) is 0.605. The van der Waals surface area contributed by atoms with Crippen molar-refractivity contribution in [2.45, 2.75) is 4.90 Å². The molecule has 1 heterocycles. The van der Waals surface area contributed by atoms with Crippen molar-refractivity contribution >= 4 is 51.8 Å². The van der Waals surface area contributed by atoms with Gasteiger partial charge in [-0.2, -0.15) is 0 Å². The molecule has 0 bridgehead atoms. The van der Waals surface area contributed by atoms with Gasteiger partial charge in [0.05, 0.1) is 18.6 Å². The largest absolute Gasteiger partial charge is 0.497 e. The van der Waals surface area contributed by atoms with Gasteiger partial charge in [0, 0.05) is 27.6 Å². The third-order valence-electron chi connectivity index (χ3n) is 4.81. The fourth-order valence-electron chi connectivity index (χ4n) is 3.13. The third kappa shape index (κ3) is 7.30. The number of aromatic nitrogens is 1. The Kier molecular flexibility index (Phi) is 8.32. The van der Waals surface area contributed by atoms with E-state index in [1.165, 1.54) is 29.2 Å². The lowest BCUT2D eigenvalue weighted by Gasteiger charge is -2.06. The number of hydrogen-bond donors (Lipinski definition) is 2. The number of thioether (sulfide) groups is 1. The van der Waals surface area contributed by atoms with Crippen LogP contribution >= 0.6 is 23.1 Å². The average molecular weight is 502 g/mol. The molecule has 0 aliphatic heterocycles. The van der Waals surface area contributed by atoms with Crippen molar-refractivity contribution in [2.75, 3.05) is 23.5 Å². The van der Waals surface area contributed by atoms with Gasteiger partial charge in [-0.3, -0.25) is 9.59 Å². The van der Waals surface area contributed by atoms with Crippen LogP contribution in [0.25, 0.3) is 17.3 Å². The summed E-state index contributed by atoms with van der Waals surface area (Å²) in [5.41, 5.74) is 3.32. The molecule has 0 aliphatic rings. The maximum atomic E-state index is 12.5. The fraction of sp³-hybridized carbons (Fsp3) is 0.0741. The zero-order chi connectivity index (χ0) is 24.5. The minimum Gasteiger partial charge on any atom is -0.497 e. The second-order valence-electron chi connectivity index (χ2n) is 7.37. The first kappa shape index (κ1) is 24.3. The van der Waals surface area contributed by atoms with Gasteiger partial charge in [-0.25, -0.2) is 4.98 Å². The molecule has 1 aromatic heterocycles. The topological polar surface area (TPSA) is 80.3 Å². The van der Waals surface area contributed by atoms with Crippen molar-refractivity contribution in [3.05, 3.63) is 95.9 Å². The zero-order valence-corrected chi connectivity index (χ0v) is 20.6. The average Bonchev–Trinajstić information content (AvgIpc) is 3.35. The lowest BCUT2D eigenvalue weighted by atomic mass is 10.2. The molecule has 0 saturated carbocycles. The van der Waals surface area contributed by atoms with E-state index >= 15 is 0 Å². The van der Waals surface area contributed by atoms with E-state index in [1.54, 1.807) is 13.2 Å². The molecule has 6 nitrogen and oxygen atoms in total. The van der Waals surface area contributed by atoms with Crippen molar-refractivity contribution in [1.29, 1.82) is 0 Å². The molecule has 0 unspecified atom stereocenters. The first-order chi connectivity index (χ1) is 17.1. The van der Waals surface area contributed by atoms with Crippen LogP contribution < -0.4 is 15.4 Å². The normalized spacial score (nSPS) is 10.8. The highest BCUT2D eigenvalue weighted by molar-refractivity contribution is 8.00. The summed E-state index contributed by atoms with van der Waals surface area (Å²) >= 11 is 2.76. The minimum absolute atomic E-state index is 0.151. The third-order valence-corrected chi connectivity index (χ3v) is 6.57. The highest BCUT2D eigenvalue weighted by Gasteiger charge is 2.10. The van der Waals surface area contributed by atoms with Crippen molar-refractivity contribution in [1.82, 2.24) is 4.98 Å². The van der Waals surface area contributed by atoms with Crippen LogP contribution in [0.3, 0.4) is 0 Å². The molecule has 2 N–H and O–H groups in total. The summed E-state index contributed by atoms with van der Waals surface area (Å²) in [6.45, 7) is 0. The summed E-state index contributed by atoms with van der Waals surface area (Å²) in [5, 5.41) is 8.14. The minimum atomic E-state index is -0.218. The number of ether oxygens (including phenoxy) is 1. The number of carbonyl (C=O) groups excluding carboxylic acids is 2. The van der Waals surface area contributed by atoms with Gasteiger partial charge >= 0.3 is 0 Å². The van der Waals surface area contributed by atoms with Crippen molar-refractivity contribution < 1.29 is 14.3 Å². The van der Waals surface area contributed by atoms with Crippen LogP contribution in [0.5, 0.6) is 5.75 Å². The van der Waals surface area contributed by atoms with Gasteiger partial charge in [-0.15, -0.1) is 23.1 Å². The van der Waals surface area contributed by atoms with Crippen LogP contribution in [-0.2, 0) is 9.59 Å². The SMILES string of the molecule is COc1cccc(-c2csc(NC(=O)CSc3cccc(NC(=O)/C=C/c4ccccc4)c3)n2)c1. The molecule has 3 aromatic carbocycles. The van der Waals surface area contributed by atoms with Crippen LogP contribution in [0.1, 0.15) is 5.56 Å². The number of rotatable bonds is 9. The van der Waals surface area contributed by atoms with Crippen LogP contribution in [0.15, 0.2) is 95.2 Å². The van der Waals surface area contributed by atoms with Crippen LogP contribution in [-0.4, -0.2) is 29.7 Å². The van der Waals surface area contributed by atoms with Gasteiger partial charge in [0.1, 0.15) is 5.75 Å². The first-order valence-corrected chi connectivity index (χ1v) is 12.6. The molecule has 8 heteroatoms. The second kappa shape index (κ2) is 12.0. The molecular formula is C27H23N3O3S2. The molecule has 176 valence electrons. The number of amides is 2. The molecule has 0 spiro atoms. The van der Waals surface area contributed by atoms with Gasteiger partial charge < -0.3 is 15.4 Å². The van der Waals surface area contributed by atoms with Crippen molar-refractivity contribution in [3.8, 4) is 17.0 Å². The molecule has 0 radical (unpaired) electrons. The molecule has 2 amide bonds. The molecule has 0 atom stereocenters. The Balaban J connectivity index is 1.28. The highest BCUT2D eigenvalue weighted by Crippen LogP contribution is 2.28. The number of methoxy groups -OCH3 is 1. The Morgan fingerprint density at radius 1 is 1.00 bits per heavy atom. The van der Waals surface area contributed by atoms with E-state index in [2.05, 4.69) is 15.6 Å². The quantitative estimate of drug-likeness (QED) is 0.211. The van der Waals surface area contributed by atoms with Gasteiger partial charge in [-0.05, 0) is 42.0 Å². The Labute approximate surface area is 212 Å². The Bertz CT molecular complexity index is 1340. The molecule has 0 saturated heterocycles. The Hall–Kier alpha value is -3.88. The molecular weight excluding hydrogens is 478 g/mol. The number of nitrogens with zero attached hydrogens (tertiary/aromatic N) is 1. The zero-order valence-electron chi connectivity index (χ0n) is 18.9.